The van der Waals surface area contributed by atoms with Gasteiger partial charge in [-0.05, 0) is 42.0 Å². The van der Waals surface area contributed by atoms with Gasteiger partial charge in [0.1, 0.15) is 17.8 Å². The quantitative estimate of drug-likeness (QED) is 0.301. The summed E-state index contributed by atoms with van der Waals surface area (Å²) < 4.78 is 5.79. The Morgan fingerprint density at radius 3 is 2.39 bits per heavy atom. The summed E-state index contributed by atoms with van der Waals surface area (Å²) in [4.78, 5) is 84.5. The van der Waals surface area contributed by atoms with Gasteiger partial charge >= 0.3 is 0 Å². The molecule has 0 radical (unpaired) electrons. The second-order valence-electron chi connectivity index (χ2n) is 13.9. The number of rotatable bonds is 8. The number of benzene rings is 2. The van der Waals surface area contributed by atoms with E-state index in [2.05, 4.69) is 16.0 Å². The molecule has 4 atom stereocenters. The van der Waals surface area contributed by atoms with E-state index in [1.54, 1.807) is 28.0 Å². The van der Waals surface area contributed by atoms with Crippen molar-refractivity contribution in [2.45, 2.75) is 63.6 Å². The van der Waals surface area contributed by atoms with Crippen molar-refractivity contribution in [3.05, 3.63) is 65.7 Å². The van der Waals surface area contributed by atoms with E-state index in [-0.39, 0.29) is 56.3 Å². The molecule has 14 nitrogen and oxygen atoms in total. The van der Waals surface area contributed by atoms with Crippen LogP contribution in [0.5, 0.6) is 5.75 Å². The summed E-state index contributed by atoms with van der Waals surface area (Å²) >= 11 is 0. The standard InChI is InChI=1S/C37H48N6O8/c1-24(2)13-15-42-20-32(45)38-29(16-25-8-4-3-5-9-25)36(49)40-30-19-43(35(48)21-41-14-7-12-34(41)47)18-28(30)26-10-6-11-27(17-26)51-23-33(46)39-31(22-44)37(42)50/h3-6,8-11,17,24,28-31,44H,7,12-16,18-23H2,1-2H3,(H,38,45)(H,39,46)(H,40,49)/t28-,29-,30+,31-/m0/s1. The second kappa shape index (κ2) is 17.3. The third-order valence-corrected chi connectivity index (χ3v) is 9.53. The van der Waals surface area contributed by atoms with Crippen molar-refractivity contribution in [1.29, 1.82) is 0 Å². The zero-order chi connectivity index (χ0) is 36.5. The number of carbonyl (C=O) groups is 6. The summed E-state index contributed by atoms with van der Waals surface area (Å²) in [6, 6.07) is 13.3. The first-order valence-corrected chi connectivity index (χ1v) is 17.6. The van der Waals surface area contributed by atoms with Crippen molar-refractivity contribution in [2.24, 2.45) is 5.92 Å². The molecule has 0 saturated carbocycles. The monoisotopic (exact) mass is 704 g/mol. The van der Waals surface area contributed by atoms with Crippen LogP contribution in [-0.4, -0.2) is 126 Å². The van der Waals surface area contributed by atoms with Crippen molar-refractivity contribution < 1.29 is 38.6 Å². The number of fused-ring (bicyclic) bond motifs is 4. The van der Waals surface area contributed by atoms with Crippen molar-refractivity contribution in [3.63, 3.8) is 0 Å². The molecule has 274 valence electrons. The van der Waals surface area contributed by atoms with Gasteiger partial charge in [-0.1, -0.05) is 56.3 Å². The average molecular weight is 705 g/mol. The molecule has 6 amide bonds. The molecule has 0 aromatic heterocycles. The van der Waals surface area contributed by atoms with E-state index in [4.69, 9.17) is 4.74 Å². The SMILES string of the molecule is CC(C)CCN1CC(=O)N[C@@H](Cc2ccccc2)C(=O)N[C@@H]2CN(C(=O)CN3CCCC3=O)C[C@H]2c2cccc(c2)OCC(=O)N[C@@H](CO)C1=O. The van der Waals surface area contributed by atoms with Gasteiger partial charge in [0.25, 0.3) is 5.91 Å². The molecule has 3 aliphatic rings. The van der Waals surface area contributed by atoms with Gasteiger partial charge in [-0.15, -0.1) is 0 Å². The molecule has 5 rings (SSSR count). The van der Waals surface area contributed by atoms with Crippen LogP contribution in [0.2, 0.25) is 0 Å². The van der Waals surface area contributed by atoms with Crippen LogP contribution in [0.1, 0.15) is 50.2 Å². The minimum atomic E-state index is -1.31. The number of aliphatic hydroxyl groups is 1. The van der Waals surface area contributed by atoms with Gasteiger partial charge in [-0.25, -0.2) is 0 Å². The minimum Gasteiger partial charge on any atom is -0.484 e. The van der Waals surface area contributed by atoms with E-state index in [0.29, 0.717) is 31.6 Å². The third kappa shape index (κ3) is 10.1. The van der Waals surface area contributed by atoms with Crippen LogP contribution in [0.3, 0.4) is 0 Å². The van der Waals surface area contributed by atoms with Crippen molar-refractivity contribution in [2.75, 3.05) is 52.5 Å². The fourth-order valence-corrected chi connectivity index (χ4v) is 6.69. The fraction of sp³-hybridized carbons (Fsp3) is 0.514. The number of amides is 6. The molecule has 3 aliphatic heterocycles. The van der Waals surface area contributed by atoms with Gasteiger partial charge in [0, 0.05) is 44.9 Å². The molecular formula is C37H48N6O8. The van der Waals surface area contributed by atoms with E-state index in [9.17, 15) is 33.9 Å². The number of carbonyl (C=O) groups excluding carboxylic acids is 6. The Bertz CT molecular complexity index is 1590. The van der Waals surface area contributed by atoms with Crippen LogP contribution in [0.15, 0.2) is 54.6 Å². The molecule has 3 heterocycles. The molecule has 2 aromatic rings. The van der Waals surface area contributed by atoms with Gasteiger partial charge in [0.2, 0.25) is 29.5 Å². The Labute approximate surface area is 297 Å². The molecule has 0 aliphatic carbocycles. The predicted molar refractivity (Wildman–Crippen MR) is 186 cm³/mol. The largest absolute Gasteiger partial charge is 0.484 e. The first-order chi connectivity index (χ1) is 24.5. The summed E-state index contributed by atoms with van der Waals surface area (Å²) in [7, 11) is 0. The maximum atomic E-state index is 14.2. The number of hydrogen-bond acceptors (Lipinski definition) is 8. The number of aliphatic hydroxyl groups excluding tert-OH is 1. The van der Waals surface area contributed by atoms with Crippen LogP contribution in [0.25, 0.3) is 0 Å². The summed E-state index contributed by atoms with van der Waals surface area (Å²) in [5.74, 6) is -2.42. The third-order valence-electron chi connectivity index (χ3n) is 9.53. The highest BCUT2D eigenvalue weighted by molar-refractivity contribution is 5.93. The normalized spacial score (nSPS) is 23.6. The summed E-state index contributed by atoms with van der Waals surface area (Å²) in [5, 5.41) is 18.5. The molecule has 0 unspecified atom stereocenters. The molecule has 51 heavy (non-hydrogen) atoms. The predicted octanol–water partition coefficient (Wildman–Crippen LogP) is 0.191. The molecule has 2 fully saturated rings. The van der Waals surface area contributed by atoms with Crippen LogP contribution in [0, 0.1) is 5.92 Å². The number of nitrogens with one attached hydrogen (secondary N) is 3. The van der Waals surface area contributed by atoms with E-state index in [1.807, 2.05) is 50.2 Å². The van der Waals surface area contributed by atoms with Crippen molar-refractivity contribution in [1.82, 2.24) is 30.7 Å². The molecule has 2 saturated heterocycles. The molecule has 4 N–H and O–H groups in total. The molecule has 0 spiro atoms. The fourth-order valence-electron chi connectivity index (χ4n) is 6.69. The van der Waals surface area contributed by atoms with E-state index < -0.39 is 61.5 Å². The molecule has 14 heteroatoms. The van der Waals surface area contributed by atoms with Crippen molar-refractivity contribution >= 4 is 35.4 Å². The van der Waals surface area contributed by atoms with Crippen LogP contribution < -0.4 is 20.7 Å². The number of hydrogen-bond donors (Lipinski definition) is 4. The highest BCUT2D eigenvalue weighted by Crippen LogP contribution is 2.31. The topological polar surface area (TPSA) is 178 Å². The maximum Gasteiger partial charge on any atom is 0.258 e. The van der Waals surface area contributed by atoms with Gasteiger partial charge in [0.05, 0.1) is 25.7 Å². The molecule has 2 bridgehead atoms. The lowest BCUT2D eigenvalue weighted by Crippen LogP contribution is -2.56. The number of nitrogens with zero attached hydrogens (tertiary/aromatic N) is 3. The Kier molecular flexibility index (Phi) is 12.6. The van der Waals surface area contributed by atoms with Gasteiger partial charge in [-0.2, -0.15) is 0 Å². The summed E-state index contributed by atoms with van der Waals surface area (Å²) in [5.41, 5.74) is 1.55. The minimum absolute atomic E-state index is 0.0436. The highest BCUT2D eigenvalue weighted by Gasteiger charge is 2.39. The second-order valence-corrected chi connectivity index (χ2v) is 13.9. The zero-order valence-electron chi connectivity index (χ0n) is 29.2. The maximum absolute atomic E-state index is 14.2. The molecular weight excluding hydrogens is 656 g/mol. The smallest absolute Gasteiger partial charge is 0.258 e. The van der Waals surface area contributed by atoms with Gasteiger partial charge in [0.15, 0.2) is 6.61 Å². The Morgan fingerprint density at radius 1 is 0.922 bits per heavy atom. The zero-order valence-corrected chi connectivity index (χ0v) is 29.2. The molecule has 2 aromatic carbocycles. The van der Waals surface area contributed by atoms with E-state index in [0.717, 1.165) is 11.1 Å². The summed E-state index contributed by atoms with van der Waals surface area (Å²) in [6.45, 7) is 3.51. The lowest BCUT2D eigenvalue weighted by atomic mass is 9.93. The van der Waals surface area contributed by atoms with E-state index in [1.165, 1.54) is 4.90 Å². The lowest BCUT2D eigenvalue weighted by molar-refractivity contribution is -0.141. The summed E-state index contributed by atoms with van der Waals surface area (Å²) in [6.07, 6.45) is 1.84. The number of ether oxygens (including phenoxy) is 1. The Balaban J connectivity index is 1.46. The average Bonchev–Trinajstić information content (AvgIpc) is 3.73. The highest BCUT2D eigenvalue weighted by atomic mass is 16.5. The van der Waals surface area contributed by atoms with Crippen LogP contribution in [-0.2, 0) is 35.2 Å². The van der Waals surface area contributed by atoms with Gasteiger partial charge in [-0.3, -0.25) is 28.8 Å². The lowest BCUT2D eigenvalue weighted by Gasteiger charge is -2.29. The van der Waals surface area contributed by atoms with Crippen molar-refractivity contribution in [3.8, 4) is 5.75 Å². The first-order valence-electron chi connectivity index (χ1n) is 17.6. The Hall–Kier alpha value is -4.98. The van der Waals surface area contributed by atoms with E-state index >= 15 is 0 Å². The number of likely N-dealkylation sites (tertiary alicyclic amines) is 2. The Morgan fingerprint density at radius 2 is 1.69 bits per heavy atom. The van der Waals surface area contributed by atoms with Gasteiger partial charge < -0.3 is 40.5 Å². The van der Waals surface area contributed by atoms with Crippen LogP contribution >= 0.6 is 0 Å². The van der Waals surface area contributed by atoms with Crippen LogP contribution in [0.4, 0.5) is 0 Å². The first kappa shape index (κ1) is 37.3.